The van der Waals surface area contributed by atoms with Crippen molar-refractivity contribution in [2.75, 3.05) is 18.0 Å². The molecular formula is C21H30N4O2. The number of hydrogen-bond donors (Lipinski definition) is 0. The van der Waals surface area contributed by atoms with Crippen LogP contribution in [0.4, 0.5) is 5.82 Å². The summed E-state index contributed by atoms with van der Waals surface area (Å²) in [6, 6.07) is 0.966. The Morgan fingerprint density at radius 1 is 1.00 bits per heavy atom. The standard InChI is InChI=1S/C21H30N4O2/c26-21-9-6-15-14-24(11-10-18(15)25(21)16-7-8-16)19-12-22-13-20(23-19)27-17-4-2-1-3-5-17/h12-13,15-18H,1-11,14H2. The molecule has 0 N–H and O–H groups in total. The van der Waals surface area contributed by atoms with Gasteiger partial charge in [-0.1, -0.05) is 6.42 Å². The Hall–Kier alpha value is -1.85. The van der Waals surface area contributed by atoms with Crippen LogP contribution < -0.4 is 9.64 Å². The molecule has 2 atom stereocenters. The molecule has 1 aromatic heterocycles. The summed E-state index contributed by atoms with van der Waals surface area (Å²) in [5.74, 6) is 2.54. The lowest BCUT2D eigenvalue weighted by molar-refractivity contribution is -0.140. The highest BCUT2D eigenvalue weighted by Gasteiger charge is 2.45. The quantitative estimate of drug-likeness (QED) is 0.815. The van der Waals surface area contributed by atoms with Crippen molar-refractivity contribution in [3.8, 4) is 5.88 Å². The summed E-state index contributed by atoms with van der Waals surface area (Å²) in [6.07, 6.45) is 15.2. The molecule has 1 aromatic rings. The Bertz CT molecular complexity index is 687. The predicted octanol–water partition coefficient (Wildman–Crippen LogP) is 3.17. The minimum absolute atomic E-state index is 0.297. The summed E-state index contributed by atoms with van der Waals surface area (Å²) in [7, 11) is 0. The second-order valence-electron chi connectivity index (χ2n) is 8.73. The number of amides is 1. The van der Waals surface area contributed by atoms with Crippen LogP contribution in [-0.2, 0) is 4.79 Å². The summed E-state index contributed by atoms with van der Waals surface area (Å²) in [6.45, 7) is 1.92. The molecule has 6 nitrogen and oxygen atoms in total. The van der Waals surface area contributed by atoms with Crippen LogP contribution in [0.15, 0.2) is 12.4 Å². The van der Waals surface area contributed by atoms with Gasteiger partial charge in [-0.05, 0) is 57.3 Å². The third-order valence-electron chi connectivity index (χ3n) is 6.77. The summed E-state index contributed by atoms with van der Waals surface area (Å²) in [4.78, 5) is 26.1. The Morgan fingerprint density at radius 2 is 1.85 bits per heavy atom. The predicted molar refractivity (Wildman–Crippen MR) is 103 cm³/mol. The van der Waals surface area contributed by atoms with Gasteiger partial charge in [-0.15, -0.1) is 0 Å². The summed E-state index contributed by atoms with van der Waals surface area (Å²) in [5, 5.41) is 0. The van der Waals surface area contributed by atoms with Crippen molar-refractivity contribution in [1.29, 1.82) is 0 Å². The highest BCUT2D eigenvalue weighted by molar-refractivity contribution is 5.78. The number of hydrogen-bond acceptors (Lipinski definition) is 5. The lowest BCUT2D eigenvalue weighted by Gasteiger charge is -2.47. The fourth-order valence-electron chi connectivity index (χ4n) is 5.23. The molecular weight excluding hydrogens is 340 g/mol. The molecule has 1 amide bonds. The lowest BCUT2D eigenvalue weighted by Crippen LogP contribution is -2.56. The van der Waals surface area contributed by atoms with Crippen molar-refractivity contribution >= 4 is 11.7 Å². The minimum atomic E-state index is 0.297. The number of ether oxygens (including phenoxy) is 1. The van der Waals surface area contributed by atoms with Gasteiger partial charge in [-0.3, -0.25) is 9.78 Å². The van der Waals surface area contributed by atoms with Crippen molar-refractivity contribution in [3.05, 3.63) is 12.4 Å². The first-order valence-corrected chi connectivity index (χ1v) is 10.8. The first kappa shape index (κ1) is 17.3. The highest BCUT2D eigenvalue weighted by atomic mass is 16.5. The zero-order chi connectivity index (χ0) is 18.2. The Kier molecular flexibility index (Phi) is 4.66. The van der Waals surface area contributed by atoms with Crippen molar-refractivity contribution in [1.82, 2.24) is 14.9 Å². The van der Waals surface area contributed by atoms with Crippen molar-refractivity contribution in [3.63, 3.8) is 0 Å². The topological polar surface area (TPSA) is 58.6 Å². The van der Waals surface area contributed by atoms with E-state index in [0.717, 1.165) is 44.6 Å². The zero-order valence-electron chi connectivity index (χ0n) is 16.1. The van der Waals surface area contributed by atoms with E-state index in [9.17, 15) is 4.79 Å². The van der Waals surface area contributed by atoms with Crippen molar-refractivity contribution < 1.29 is 9.53 Å². The number of carbonyl (C=O) groups is 1. The van der Waals surface area contributed by atoms with Gasteiger partial charge in [0, 0.05) is 31.6 Å². The number of anilines is 1. The van der Waals surface area contributed by atoms with Crippen LogP contribution in [0.25, 0.3) is 0 Å². The van der Waals surface area contributed by atoms with Crippen molar-refractivity contribution in [2.24, 2.45) is 5.92 Å². The Balaban J connectivity index is 1.26. The normalized spacial score (nSPS) is 29.6. The molecule has 27 heavy (non-hydrogen) atoms. The Labute approximate surface area is 161 Å². The highest BCUT2D eigenvalue weighted by Crippen LogP contribution is 2.39. The van der Waals surface area contributed by atoms with Crippen LogP contribution in [0, 0.1) is 5.92 Å². The molecule has 2 aliphatic carbocycles. The smallest absolute Gasteiger partial charge is 0.234 e. The van der Waals surface area contributed by atoms with E-state index in [1.54, 1.807) is 6.20 Å². The number of carbonyl (C=O) groups excluding carboxylic acids is 1. The van der Waals surface area contributed by atoms with Crippen LogP contribution in [0.3, 0.4) is 0 Å². The number of likely N-dealkylation sites (tertiary alicyclic amines) is 1. The average molecular weight is 370 g/mol. The van der Waals surface area contributed by atoms with E-state index in [2.05, 4.69) is 14.8 Å². The van der Waals surface area contributed by atoms with Crippen LogP contribution in [0.1, 0.15) is 64.2 Å². The second kappa shape index (κ2) is 7.28. The zero-order valence-corrected chi connectivity index (χ0v) is 16.1. The number of piperidine rings is 2. The maximum Gasteiger partial charge on any atom is 0.234 e. The van der Waals surface area contributed by atoms with E-state index in [1.807, 2.05) is 6.20 Å². The number of aromatic nitrogens is 2. The minimum Gasteiger partial charge on any atom is -0.473 e. The van der Waals surface area contributed by atoms with Crippen LogP contribution in [-0.4, -0.2) is 52.1 Å². The van der Waals surface area contributed by atoms with Gasteiger partial charge in [0.05, 0.1) is 12.4 Å². The largest absolute Gasteiger partial charge is 0.473 e. The van der Waals surface area contributed by atoms with Gasteiger partial charge in [0.25, 0.3) is 0 Å². The monoisotopic (exact) mass is 370 g/mol. The molecule has 146 valence electrons. The van der Waals surface area contributed by atoms with Gasteiger partial charge in [0.15, 0.2) is 5.82 Å². The SMILES string of the molecule is O=C1CCC2CN(c3cncc(OC4CCCCC4)n3)CCC2N1C1CC1. The molecule has 4 fully saturated rings. The molecule has 2 saturated heterocycles. The van der Waals surface area contributed by atoms with E-state index >= 15 is 0 Å². The molecule has 4 aliphatic rings. The molecule has 5 rings (SSSR count). The van der Waals surface area contributed by atoms with Gasteiger partial charge in [0.1, 0.15) is 6.10 Å². The third-order valence-corrected chi connectivity index (χ3v) is 6.77. The average Bonchev–Trinajstić information content (AvgIpc) is 3.53. The van der Waals surface area contributed by atoms with Crippen LogP contribution in [0.5, 0.6) is 5.88 Å². The maximum atomic E-state index is 12.4. The molecule has 0 radical (unpaired) electrons. The molecule has 0 aromatic carbocycles. The van der Waals surface area contributed by atoms with Gasteiger partial charge < -0.3 is 14.5 Å². The molecule has 6 heteroatoms. The fraction of sp³-hybridized carbons (Fsp3) is 0.762. The van der Waals surface area contributed by atoms with Crippen LogP contribution in [0.2, 0.25) is 0 Å². The van der Waals surface area contributed by atoms with Crippen molar-refractivity contribution in [2.45, 2.75) is 82.4 Å². The summed E-state index contributed by atoms with van der Waals surface area (Å²) >= 11 is 0. The molecule has 2 saturated carbocycles. The fourth-order valence-corrected chi connectivity index (χ4v) is 5.23. The van der Waals surface area contributed by atoms with E-state index in [-0.39, 0.29) is 0 Å². The number of nitrogens with zero attached hydrogens (tertiary/aromatic N) is 4. The Morgan fingerprint density at radius 3 is 2.67 bits per heavy atom. The first-order valence-electron chi connectivity index (χ1n) is 10.8. The first-order chi connectivity index (χ1) is 13.3. The number of fused-ring (bicyclic) bond motifs is 1. The van der Waals surface area contributed by atoms with E-state index in [1.165, 1.54) is 32.1 Å². The van der Waals surface area contributed by atoms with Gasteiger partial charge in [-0.25, -0.2) is 0 Å². The number of rotatable bonds is 4. The van der Waals surface area contributed by atoms with E-state index in [0.29, 0.717) is 42.3 Å². The molecule has 0 bridgehead atoms. The molecule has 2 unspecified atom stereocenters. The van der Waals surface area contributed by atoms with Crippen LogP contribution >= 0.6 is 0 Å². The summed E-state index contributed by atoms with van der Waals surface area (Å²) < 4.78 is 6.11. The molecule has 0 spiro atoms. The van der Waals surface area contributed by atoms with E-state index < -0.39 is 0 Å². The maximum absolute atomic E-state index is 12.4. The van der Waals surface area contributed by atoms with Gasteiger partial charge in [0.2, 0.25) is 11.8 Å². The summed E-state index contributed by atoms with van der Waals surface area (Å²) in [5.41, 5.74) is 0. The lowest BCUT2D eigenvalue weighted by atomic mass is 9.83. The van der Waals surface area contributed by atoms with Gasteiger partial charge in [-0.2, -0.15) is 4.98 Å². The molecule has 2 aliphatic heterocycles. The second-order valence-corrected chi connectivity index (χ2v) is 8.73. The third kappa shape index (κ3) is 3.63. The van der Waals surface area contributed by atoms with E-state index in [4.69, 9.17) is 9.72 Å². The molecule has 3 heterocycles. The van der Waals surface area contributed by atoms with Gasteiger partial charge >= 0.3 is 0 Å².